The molecule has 0 saturated carbocycles. The maximum absolute atomic E-state index is 11.8. The van der Waals surface area contributed by atoms with E-state index in [9.17, 15) is 4.79 Å². The van der Waals surface area contributed by atoms with Crippen LogP contribution in [0.1, 0.15) is 22.5 Å². The molecule has 0 N–H and O–H groups in total. The number of ether oxygens (including phenoxy) is 1. The summed E-state index contributed by atoms with van der Waals surface area (Å²) in [5.41, 5.74) is 1.49. The van der Waals surface area contributed by atoms with Gasteiger partial charge in [-0.1, -0.05) is 0 Å². The maximum Gasteiger partial charge on any atom is 0.230 e. The Morgan fingerprint density at radius 1 is 1.64 bits per heavy atom. The molecule has 1 aromatic heterocycles. The number of carbonyl (C=O) groups excluding carboxylic acids is 1. The molecule has 0 unspecified atom stereocenters. The van der Waals surface area contributed by atoms with E-state index < -0.39 is 0 Å². The normalized spacial score (nSPS) is 15.1. The van der Waals surface area contributed by atoms with Crippen LogP contribution in [0.25, 0.3) is 0 Å². The van der Waals surface area contributed by atoms with Crippen LogP contribution < -0.4 is 0 Å². The van der Waals surface area contributed by atoms with Gasteiger partial charge in [0.2, 0.25) is 5.78 Å². The van der Waals surface area contributed by atoms with E-state index in [1.54, 1.807) is 10.9 Å². The summed E-state index contributed by atoms with van der Waals surface area (Å²) in [7, 11) is 1.82. The number of rotatable bonds is 2. The molecule has 1 aliphatic heterocycles. The fourth-order valence-electron chi connectivity index (χ4n) is 1.43. The van der Waals surface area contributed by atoms with Crippen molar-refractivity contribution in [3.05, 3.63) is 29.3 Å². The third-order valence-corrected chi connectivity index (χ3v) is 2.41. The molecule has 0 amide bonds. The predicted molar refractivity (Wildman–Crippen MR) is 50.9 cm³/mol. The van der Waals surface area contributed by atoms with E-state index in [1.165, 1.54) is 0 Å². The predicted octanol–water partition coefficient (Wildman–Crippen LogP) is 1.22. The van der Waals surface area contributed by atoms with Gasteiger partial charge in [0.15, 0.2) is 5.76 Å². The van der Waals surface area contributed by atoms with Crippen LogP contribution in [-0.4, -0.2) is 22.2 Å². The molecule has 0 aliphatic carbocycles. The summed E-state index contributed by atoms with van der Waals surface area (Å²) >= 11 is 0. The van der Waals surface area contributed by atoms with Gasteiger partial charge in [0.1, 0.15) is 0 Å². The summed E-state index contributed by atoms with van der Waals surface area (Å²) in [6.07, 6.45) is 4.23. The number of nitrogens with zero attached hydrogens (tertiary/aromatic N) is 2. The van der Waals surface area contributed by atoms with Crippen LogP contribution >= 0.6 is 0 Å². The van der Waals surface area contributed by atoms with Gasteiger partial charge in [-0.25, -0.2) is 0 Å². The lowest BCUT2D eigenvalue weighted by Crippen LogP contribution is -2.05. The fraction of sp³-hybridized carbons (Fsp3) is 0.400. The Labute approximate surface area is 82.2 Å². The lowest BCUT2D eigenvalue weighted by atomic mass is 10.1. The zero-order valence-electron chi connectivity index (χ0n) is 8.28. The summed E-state index contributed by atoms with van der Waals surface area (Å²) in [4.78, 5) is 11.8. The van der Waals surface area contributed by atoms with Crippen LogP contribution in [0.2, 0.25) is 0 Å². The molecule has 1 aliphatic rings. The number of aryl methyl sites for hydroxylation is 1. The molecule has 2 rings (SSSR count). The first kappa shape index (κ1) is 8.99. The van der Waals surface area contributed by atoms with Gasteiger partial charge in [-0.15, -0.1) is 0 Å². The van der Waals surface area contributed by atoms with Crippen LogP contribution in [0.4, 0.5) is 0 Å². The average Bonchev–Trinajstić information content (AvgIpc) is 2.77. The van der Waals surface area contributed by atoms with Gasteiger partial charge in [0, 0.05) is 19.2 Å². The molecular formula is C10H12N2O2. The number of carbonyl (C=O) groups is 1. The van der Waals surface area contributed by atoms with Crippen LogP contribution in [0.15, 0.2) is 18.0 Å². The van der Waals surface area contributed by atoms with E-state index in [1.807, 2.05) is 20.0 Å². The molecule has 0 bridgehead atoms. The quantitative estimate of drug-likeness (QED) is 0.662. The number of ketones is 1. The Bertz CT molecular complexity index is 404. The van der Waals surface area contributed by atoms with Gasteiger partial charge in [-0.05, 0) is 13.0 Å². The van der Waals surface area contributed by atoms with Gasteiger partial charge >= 0.3 is 0 Å². The van der Waals surface area contributed by atoms with Crippen molar-refractivity contribution in [1.82, 2.24) is 9.78 Å². The molecule has 4 nitrogen and oxygen atoms in total. The van der Waals surface area contributed by atoms with E-state index >= 15 is 0 Å². The third kappa shape index (κ3) is 1.32. The summed E-state index contributed by atoms with van der Waals surface area (Å²) in [5.74, 6) is 0.397. The molecule has 0 saturated heterocycles. The van der Waals surface area contributed by atoms with E-state index in [0.29, 0.717) is 17.9 Å². The zero-order valence-corrected chi connectivity index (χ0v) is 8.28. The number of hydrogen-bond donors (Lipinski definition) is 0. The smallest absolute Gasteiger partial charge is 0.230 e. The Morgan fingerprint density at radius 2 is 2.43 bits per heavy atom. The largest absolute Gasteiger partial charge is 0.489 e. The van der Waals surface area contributed by atoms with E-state index in [4.69, 9.17) is 4.74 Å². The Hall–Kier alpha value is -1.58. The first-order chi connectivity index (χ1) is 6.70. The molecule has 0 spiro atoms. The highest BCUT2D eigenvalue weighted by Crippen LogP contribution is 2.17. The van der Waals surface area contributed by atoms with E-state index in [2.05, 4.69) is 5.10 Å². The number of Topliss-reactive ketones (excluding diaryl/α,β-unsaturated/α-hetero) is 1. The van der Waals surface area contributed by atoms with Crippen molar-refractivity contribution in [2.24, 2.45) is 7.05 Å². The Morgan fingerprint density at radius 3 is 2.93 bits per heavy atom. The molecule has 0 fully saturated rings. The highest BCUT2D eigenvalue weighted by molar-refractivity contribution is 6.08. The number of aromatic nitrogens is 2. The van der Waals surface area contributed by atoms with Crippen molar-refractivity contribution < 1.29 is 9.53 Å². The molecule has 0 atom stereocenters. The summed E-state index contributed by atoms with van der Waals surface area (Å²) in [6.45, 7) is 2.48. The summed E-state index contributed by atoms with van der Waals surface area (Å²) in [6, 6.07) is 0. The lowest BCUT2D eigenvalue weighted by Gasteiger charge is -2.01. The fourth-order valence-corrected chi connectivity index (χ4v) is 1.43. The van der Waals surface area contributed by atoms with Crippen molar-refractivity contribution in [2.45, 2.75) is 13.3 Å². The lowest BCUT2D eigenvalue weighted by molar-refractivity contribution is 0.0941. The molecule has 2 heterocycles. The molecule has 4 heteroatoms. The Kier molecular flexibility index (Phi) is 2.11. The van der Waals surface area contributed by atoms with Gasteiger partial charge in [0.25, 0.3) is 0 Å². The monoisotopic (exact) mass is 192 g/mol. The molecule has 0 radical (unpaired) electrons. The minimum absolute atomic E-state index is 0.0619. The van der Waals surface area contributed by atoms with Gasteiger partial charge in [-0.3, -0.25) is 9.48 Å². The Balaban J connectivity index is 2.31. The van der Waals surface area contributed by atoms with Crippen molar-refractivity contribution in [3.8, 4) is 0 Å². The van der Waals surface area contributed by atoms with Crippen molar-refractivity contribution in [1.29, 1.82) is 0 Å². The number of allylic oxidation sites excluding steroid dienone is 1. The third-order valence-electron chi connectivity index (χ3n) is 2.41. The minimum atomic E-state index is -0.0619. The van der Waals surface area contributed by atoms with Crippen LogP contribution in [0.5, 0.6) is 0 Å². The van der Waals surface area contributed by atoms with Crippen molar-refractivity contribution >= 4 is 5.78 Å². The maximum atomic E-state index is 11.8. The standard InChI is InChI=1S/C10H12N2O2/c1-7-8(6-11-12(7)2)10(13)9-4-3-5-14-9/h4,6H,3,5H2,1-2H3. The summed E-state index contributed by atoms with van der Waals surface area (Å²) < 4.78 is 6.89. The second kappa shape index (κ2) is 3.29. The van der Waals surface area contributed by atoms with Gasteiger partial charge in [0.05, 0.1) is 18.4 Å². The van der Waals surface area contributed by atoms with Gasteiger partial charge < -0.3 is 4.74 Å². The minimum Gasteiger partial charge on any atom is -0.489 e. The van der Waals surface area contributed by atoms with Crippen LogP contribution in [0.3, 0.4) is 0 Å². The van der Waals surface area contributed by atoms with Crippen molar-refractivity contribution in [3.63, 3.8) is 0 Å². The van der Waals surface area contributed by atoms with Crippen LogP contribution in [-0.2, 0) is 11.8 Å². The number of hydrogen-bond acceptors (Lipinski definition) is 3. The highest BCUT2D eigenvalue weighted by Gasteiger charge is 2.20. The van der Waals surface area contributed by atoms with Gasteiger partial charge in [-0.2, -0.15) is 5.10 Å². The molecule has 14 heavy (non-hydrogen) atoms. The molecule has 0 aromatic carbocycles. The van der Waals surface area contributed by atoms with E-state index in [0.717, 1.165) is 12.1 Å². The van der Waals surface area contributed by atoms with E-state index in [-0.39, 0.29) is 5.78 Å². The van der Waals surface area contributed by atoms with Crippen molar-refractivity contribution in [2.75, 3.05) is 6.61 Å². The highest BCUT2D eigenvalue weighted by atomic mass is 16.5. The zero-order chi connectivity index (χ0) is 10.1. The molecular weight excluding hydrogens is 180 g/mol. The topological polar surface area (TPSA) is 44.1 Å². The SMILES string of the molecule is Cc1c(C(=O)C2=CCCO2)cnn1C. The molecule has 1 aromatic rings. The summed E-state index contributed by atoms with van der Waals surface area (Å²) in [5, 5.41) is 4.02. The average molecular weight is 192 g/mol. The second-order valence-electron chi connectivity index (χ2n) is 3.30. The molecule has 74 valence electrons. The van der Waals surface area contributed by atoms with Crippen LogP contribution in [0, 0.1) is 6.92 Å². The first-order valence-electron chi connectivity index (χ1n) is 4.56. The second-order valence-corrected chi connectivity index (χ2v) is 3.30. The first-order valence-corrected chi connectivity index (χ1v) is 4.56.